The highest BCUT2D eigenvalue weighted by Gasteiger charge is 2.11. The van der Waals surface area contributed by atoms with Crippen molar-refractivity contribution in [2.24, 2.45) is 0 Å². The van der Waals surface area contributed by atoms with Gasteiger partial charge in [0.1, 0.15) is 0 Å². The van der Waals surface area contributed by atoms with E-state index < -0.39 is 0 Å². The summed E-state index contributed by atoms with van der Waals surface area (Å²) in [6.07, 6.45) is 0. The van der Waals surface area contributed by atoms with E-state index in [1.807, 2.05) is 0 Å². The third-order valence-corrected chi connectivity index (χ3v) is 4.15. The van der Waals surface area contributed by atoms with E-state index in [2.05, 4.69) is 90.0 Å². The van der Waals surface area contributed by atoms with Gasteiger partial charge in [0.15, 0.2) is 0 Å². The van der Waals surface area contributed by atoms with Crippen molar-refractivity contribution in [2.75, 3.05) is 0 Å². The minimum Gasteiger partial charge on any atom is -0.0639 e. The molecule has 0 amide bonds. The summed E-state index contributed by atoms with van der Waals surface area (Å²) in [5.41, 5.74) is 6.35. The van der Waals surface area contributed by atoms with Gasteiger partial charge in [-0.3, -0.25) is 0 Å². The van der Waals surface area contributed by atoms with Crippen LogP contribution in [0, 0.1) is 6.92 Å². The first-order valence-corrected chi connectivity index (χ1v) is 7.23. The van der Waals surface area contributed by atoms with Crippen LogP contribution in [0.25, 0.3) is 22.3 Å². The number of benzene rings is 3. The lowest BCUT2D eigenvalue weighted by Crippen LogP contribution is -2.09. The van der Waals surface area contributed by atoms with Crippen LogP contribution < -0.4 is 5.19 Å². The average molecular weight is 271 g/mol. The maximum atomic E-state index is 3.70. The quantitative estimate of drug-likeness (QED) is 0.615. The first kappa shape index (κ1) is 12.9. The molecule has 0 aromatic heterocycles. The Labute approximate surface area is 123 Å². The van der Waals surface area contributed by atoms with Gasteiger partial charge in [-0.15, -0.1) is 0 Å². The van der Waals surface area contributed by atoms with Gasteiger partial charge >= 0.3 is 0 Å². The van der Waals surface area contributed by atoms with Crippen molar-refractivity contribution >= 4 is 15.4 Å². The van der Waals surface area contributed by atoms with Gasteiger partial charge in [0, 0.05) is 0 Å². The van der Waals surface area contributed by atoms with Crippen LogP contribution in [0.2, 0.25) is 0 Å². The summed E-state index contributed by atoms with van der Waals surface area (Å²) < 4.78 is 0. The van der Waals surface area contributed by atoms with Gasteiger partial charge in [0.2, 0.25) is 0 Å². The van der Waals surface area contributed by atoms with E-state index in [1.165, 1.54) is 27.8 Å². The maximum Gasteiger partial charge on any atom is 0.0715 e. The fourth-order valence-corrected chi connectivity index (χ4v) is 2.76. The molecule has 0 saturated heterocycles. The van der Waals surface area contributed by atoms with E-state index in [9.17, 15) is 0 Å². The highest BCUT2D eigenvalue weighted by molar-refractivity contribution is 6.34. The maximum absolute atomic E-state index is 3.70. The van der Waals surface area contributed by atoms with E-state index in [0.29, 0.717) is 0 Å². The first-order valence-electron chi connectivity index (χ1n) is 6.73. The van der Waals surface area contributed by atoms with Crippen LogP contribution in [-0.2, 0) is 0 Å². The van der Waals surface area contributed by atoms with Crippen molar-refractivity contribution in [3.8, 4) is 22.3 Å². The van der Waals surface area contributed by atoms with Gasteiger partial charge in [-0.1, -0.05) is 78.0 Å². The zero-order valence-electron chi connectivity index (χ0n) is 11.4. The van der Waals surface area contributed by atoms with Crippen molar-refractivity contribution < 1.29 is 0 Å². The summed E-state index contributed by atoms with van der Waals surface area (Å²) in [6.45, 7) is 2.16. The smallest absolute Gasteiger partial charge is 0.0639 e. The Hall–Kier alpha value is -2.12. The third-order valence-electron chi connectivity index (χ3n) is 3.61. The molecule has 1 heteroatoms. The standard InChI is InChI=1S/C19H15Si/c1-14-18(20)13-12-17(15-8-4-2-5-9-15)19(14)16-10-6-3-7-11-16/h2-13H,1H3. The molecular weight excluding hydrogens is 256 g/mol. The minimum absolute atomic E-state index is 1.14. The second kappa shape index (κ2) is 5.47. The first-order chi connectivity index (χ1) is 9.77. The predicted octanol–water partition coefficient (Wildman–Crippen LogP) is 4.12. The molecule has 0 atom stereocenters. The normalized spacial score (nSPS) is 10.5. The van der Waals surface area contributed by atoms with Crippen LogP contribution in [0.3, 0.4) is 0 Å². The third kappa shape index (κ3) is 2.32. The van der Waals surface area contributed by atoms with Crippen molar-refractivity contribution in [3.05, 3.63) is 78.4 Å². The lowest BCUT2D eigenvalue weighted by molar-refractivity contribution is 1.48. The molecule has 0 aliphatic carbocycles. The fourth-order valence-electron chi connectivity index (χ4n) is 2.55. The molecule has 3 rings (SSSR count). The van der Waals surface area contributed by atoms with E-state index in [-0.39, 0.29) is 0 Å². The summed E-state index contributed by atoms with van der Waals surface area (Å²) in [6, 6.07) is 25.4. The zero-order chi connectivity index (χ0) is 13.9. The van der Waals surface area contributed by atoms with Crippen LogP contribution >= 0.6 is 0 Å². The van der Waals surface area contributed by atoms with E-state index in [4.69, 9.17) is 0 Å². The molecule has 3 aromatic carbocycles. The van der Waals surface area contributed by atoms with Gasteiger partial charge in [-0.05, 0) is 34.7 Å². The second-order valence-corrected chi connectivity index (χ2v) is 5.43. The van der Waals surface area contributed by atoms with Crippen LogP contribution in [0.15, 0.2) is 72.8 Å². The predicted molar refractivity (Wildman–Crippen MR) is 87.4 cm³/mol. The van der Waals surface area contributed by atoms with Gasteiger partial charge in [0.05, 0.1) is 10.2 Å². The molecule has 0 N–H and O–H groups in total. The molecule has 20 heavy (non-hydrogen) atoms. The van der Waals surface area contributed by atoms with Crippen LogP contribution in [0.1, 0.15) is 5.56 Å². The van der Waals surface area contributed by atoms with Crippen LogP contribution in [-0.4, -0.2) is 10.2 Å². The lowest BCUT2D eigenvalue weighted by atomic mass is 9.91. The van der Waals surface area contributed by atoms with E-state index >= 15 is 0 Å². The Morgan fingerprint density at radius 3 is 1.80 bits per heavy atom. The molecule has 3 radical (unpaired) electrons. The second-order valence-electron chi connectivity index (χ2n) is 4.89. The summed E-state index contributed by atoms with van der Waals surface area (Å²) in [5.74, 6) is 0. The molecule has 0 fully saturated rings. The summed E-state index contributed by atoms with van der Waals surface area (Å²) >= 11 is 0. The topological polar surface area (TPSA) is 0 Å². The molecule has 3 aromatic rings. The molecular formula is C19H15Si. The highest BCUT2D eigenvalue weighted by Crippen LogP contribution is 2.33. The van der Waals surface area contributed by atoms with Crippen LogP contribution in [0.5, 0.6) is 0 Å². The van der Waals surface area contributed by atoms with Crippen molar-refractivity contribution in [1.29, 1.82) is 0 Å². The van der Waals surface area contributed by atoms with Crippen molar-refractivity contribution in [1.82, 2.24) is 0 Å². The average Bonchev–Trinajstić information content (AvgIpc) is 2.51. The molecule has 0 saturated carbocycles. The molecule has 0 aliphatic rings. The summed E-state index contributed by atoms with van der Waals surface area (Å²) in [5, 5.41) is 1.14. The minimum atomic E-state index is 1.14. The van der Waals surface area contributed by atoms with Crippen molar-refractivity contribution in [2.45, 2.75) is 6.92 Å². The van der Waals surface area contributed by atoms with Gasteiger partial charge in [0.25, 0.3) is 0 Å². The van der Waals surface area contributed by atoms with E-state index in [0.717, 1.165) is 5.19 Å². The van der Waals surface area contributed by atoms with Crippen molar-refractivity contribution in [3.63, 3.8) is 0 Å². The summed E-state index contributed by atoms with van der Waals surface area (Å²) in [4.78, 5) is 0. The monoisotopic (exact) mass is 271 g/mol. The Kier molecular flexibility index (Phi) is 3.53. The van der Waals surface area contributed by atoms with Gasteiger partial charge in [-0.2, -0.15) is 0 Å². The van der Waals surface area contributed by atoms with E-state index in [1.54, 1.807) is 0 Å². The van der Waals surface area contributed by atoms with Gasteiger partial charge in [-0.25, -0.2) is 0 Å². The van der Waals surface area contributed by atoms with Crippen LogP contribution in [0.4, 0.5) is 0 Å². The largest absolute Gasteiger partial charge is 0.0715 e. The molecule has 0 aliphatic heterocycles. The SMILES string of the molecule is Cc1c([Si])ccc(-c2ccccc2)c1-c1ccccc1. The lowest BCUT2D eigenvalue weighted by Gasteiger charge is -2.15. The number of hydrogen-bond donors (Lipinski definition) is 0. The van der Waals surface area contributed by atoms with Gasteiger partial charge < -0.3 is 0 Å². The number of rotatable bonds is 2. The Balaban J connectivity index is 2.29. The molecule has 0 unspecified atom stereocenters. The zero-order valence-corrected chi connectivity index (χ0v) is 12.4. The molecule has 0 bridgehead atoms. The molecule has 0 nitrogen and oxygen atoms in total. The summed E-state index contributed by atoms with van der Waals surface area (Å²) in [7, 11) is 3.70. The highest BCUT2D eigenvalue weighted by atomic mass is 28.1. The Bertz CT molecular complexity index is 716. The Morgan fingerprint density at radius 1 is 0.650 bits per heavy atom. The number of hydrogen-bond acceptors (Lipinski definition) is 0. The molecule has 95 valence electrons. The Morgan fingerprint density at radius 2 is 1.20 bits per heavy atom. The molecule has 0 heterocycles. The fraction of sp³-hybridized carbons (Fsp3) is 0.0526. The molecule has 0 spiro atoms.